The number of rotatable bonds is 4. The van der Waals surface area contributed by atoms with E-state index >= 15 is 0 Å². The third kappa shape index (κ3) is 3.45. The van der Waals surface area contributed by atoms with Crippen molar-refractivity contribution < 1.29 is 9.53 Å². The molecule has 0 saturated heterocycles. The molecule has 0 radical (unpaired) electrons. The van der Waals surface area contributed by atoms with E-state index in [2.05, 4.69) is 31.9 Å². The van der Waals surface area contributed by atoms with Gasteiger partial charge in [0, 0.05) is 14.5 Å². The van der Waals surface area contributed by atoms with Gasteiger partial charge in [0.15, 0.2) is 5.78 Å². The fourth-order valence-electron chi connectivity index (χ4n) is 1.78. The fraction of sp³-hybridized carbons (Fsp3) is 0.133. The third-order valence-corrected chi connectivity index (χ3v) is 3.47. The molecular weight excluding hydrogens is 372 g/mol. The fourth-order valence-corrected chi connectivity index (χ4v) is 3.07. The van der Waals surface area contributed by atoms with Crippen molar-refractivity contribution in [3.8, 4) is 5.75 Å². The van der Waals surface area contributed by atoms with Crippen molar-refractivity contribution in [2.75, 3.05) is 6.61 Å². The van der Waals surface area contributed by atoms with E-state index in [-0.39, 0.29) is 5.78 Å². The summed E-state index contributed by atoms with van der Waals surface area (Å²) >= 11 is 6.78. The number of halogens is 2. The Morgan fingerprint density at radius 1 is 1.11 bits per heavy atom. The van der Waals surface area contributed by atoms with Gasteiger partial charge in [-0.3, -0.25) is 4.79 Å². The van der Waals surface area contributed by atoms with Crippen LogP contribution in [0.25, 0.3) is 0 Å². The Morgan fingerprint density at radius 3 is 2.37 bits per heavy atom. The molecule has 2 aromatic rings. The molecule has 0 aliphatic heterocycles. The summed E-state index contributed by atoms with van der Waals surface area (Å²) in [5.41, 5.74) is 1.20. The average Bonchev–Trinajstić information content (AvgIpc) is 2.38. The van der Waals surface area contributed by atoms with E-state index < -0.39 is 0 Å². The van der Waals surface area contributed by atoms with Gasteiger partial charge in [-0.25, -0.2) is 0 Å². The summed E-state index contributed by atoms with van der Waals surface area (Å²) in [5, 5.41) is 0. The van der Waals surface area contributed by atoms with Crippen LogP contribution in [0.5, 0.6) is 5.75 Å². The summed E-state index contributed by atoms with van der Waals surface area (Å²) in [6.07, 6.45) is 0. The largest absolute Gasteiger partial charge is 0.493 e. The van der Waals surface area contributed by atoms with Gasteiger partial charge >= 0.3 is 0 Å². The Balaban J connectivity index is 2.44. The van der Waals surface area contributed by atoms with Gasteiger partial charge in [0.25, 0.3) is 0 Å². The van der Waals surface area contributed by atoms with Crippen molar-refractivity contribution in [1.29, 1.82) is 0 Å². The highest BCUT2D eigenvalue weighted by molar-refractivity contribution is 9.11. The molecule has 0 fully saturated rings. The minimum atomic E-state index is -0.0500. The summed E-state index contributed by atoms with van der Waals surface area (Å²) in [6.45, 7) is 2.43. The lowest BCUT2D eigenvalue weighted by Crippen LogP contribution is -2.05. The van der Waals surface area contributed by atoms with Gasteiger partial charge in [0.1, 0.15) is 5.75 Å². The lowest BCUT2D eigenvalue weighted by molar-refractivity contribution is 0.103. The summed E-state index contributed by atoms with van der Waals surface area (Å²) in [7, 11) is 0. The van der Waals surface area contributed by atoms with Gasteiger partial charge in [-0.05, 0) is 37.3 Å². The summed E-state index contributed by atoms with van der Waals surface area (Å²) in [4.78, 5) is 12.5. The zero-order valence-electron chi connectivity index (χ0n) is 10.3. The molecule has 0 spiro atoms. The smallest absolute Gasteiger partial charge is 0.196 e. The molecule has 98 valence electrons. The third-order valence-electron chi connectivity index (χ3n) is 2.56. The van der Waals surface area contributed by atoms with Gasteiger partial charge in [-0.2, -0.15) is 0 Å². The number of ketones is 1. The predicted octanol–water partition coefficient (Wildman–Crippen LogP) is 4.84. The molecule has 0 unspecified atom stereocenters. The minimum absolute atomic E-state index is 0.0500. The maximum Gasteiger partial charge on any atom is 0.196 e. The molecule has 0 saturated carbocycles. The first-order chi connectivity index (χ1) is 9.11. The number of benzene rings is 2. The number of hydrogen-bond donors (Lipinski definition) is 0. The van der Waals surface area contributed by atoms with Crippen molar-refractivity contribution in [2.24, 2.45) is 0 Å². The van der Waals surface area contributed by atoms with Crippen molar-refractivity contribution >= 4 is 37.6 Å². The van der Waals surface area contributed by atoms with Crippen LogP contribution < -0.4 is 4.74 Å². The molecule has 0 heterocycles. The molecule has 4 heteroatoms. The Kier molecular flexibility index (Phi) is 4.77. The molecule has 0 bridgehead atoms. The van der Waals surface area contributed by atoms with Crippen molar-refractivity contribution in [3.05, 3.63) is 62.5 Å². The van der Waals surface area contributed by atoms with Crippen molar-refractivity contribution in [1.82, 2.24) is 0 Å². The maximum absolute atomic E-state index is 12.5. The molecule has 2 rings (SSSR count). The summed E-state index contributed by atoms with van der Waals surface area (Å²) in [6, 6.07) is 12.8. The van der Waals surface area contributed by atoms with Crippen molar-refractivity contribution in [3.63, 3.8) is 0 Å². The lowest BCUT2D eigenvalue weighted by atomic mass is 10.0. The van der Waals surface area contributed by atoms with E-state index in [1.807, 2.05) is 31.2 Å². The van der Waals surface area contributed by atoms with E-state index in [1.54, 1.807) is 18.2 Å². The zero-order valence-corrected chi connectivity index (χ0v) is 13.5. The highest BCUT2D eigenvalue weighted by Gasteiger charge is 2.15. The van der Waals surface area contributed by atoms with Crippen LogP contribution in [0.2, 0.25) is 0 Å². The lowest BCUT2D eigenvalue weighted by Gasteiger charge is -2.09. The van der Waals surface area contributed by atoms with E-state index in [0.717, 1.165) is 8.95 Å². The van der Waals surface area contributed by atoms with Crippen LogP contribution in [-0.4, -0.2) is 12.4 Å². The number of hydrogen-bond acceptors (Lipinski definition) is 2. The quantitative estimate of drug-likeness (QED) is 0.706. The van der Waals surface area contributed by atoms with Crippen LogP contribution in [0.3, 0.4) is 0 Å². The van der Waals surface area contributed by atoms with Crippen molar-refractivity contribution in [2.45, 2.75) is 6.92 Å². The highest BCUT2D eigenvalue weighted by Crippen LogP contribution is 2.25. The standard InChI is InChI=1S/C15H12Br2O2/c1-2-19-14-6-4-3-5-13(14)15(18)10-7-11(16)9-12(17)8-10/h3-9H,2H2,1H3. The number of para-hydroxylation sites is 1. The first kappa shape index (κ1) is 14.3. The molecule has 2 aromatic carbocycles. The Bertz CT molecular complexity index is 589. The van der Waals surface area contributed by atoms with Crippen LogP contribution in [0.4, 0.5) is 0 Å². The monoisotopic (exact) mass is 382 g/mol. The van der Waals surface area contributed by atoms with Gasteiger partial charge in [-0.15, -0.1) is 0 Å². The van der Waals surface area contributed by atoms with E-state index in [1.165, 1.54) is 0 Å². The second kappa shape index (κ2) is 6.35. The van der Waals surface area contributed by atoms with Gasteiger partial charge in [0.2, 0.25) is 0 Å². The van der Waals surface area contributed by atoms with Crippen LogP contribution in [0.1, 0.15) is 22.8 Å². The van der Waals surface area contributed by atoms with Gasteiger partial charge < -0.3 is 4.74 Å². The molecule has 2 nitrogen and oxygen atoms in total. The van der Waals surface area contributed by atoms with Gasteiger partial charge in [0.05, 0.1) is 12.2 Å². The summed E-state index contributed by atoms with van der Waals surface area (Å²) < 4.78 is 7.22. The van der Waals surface area contributed by atoms with E-state index in [0.29, 0.717) is 23.5 Å². The van der Waals surface area contributed by atoms with E-state index in [9.17, 15) is 4.79 Å². The highest BCUT2D eigenvalue weighted by atomic mass is 79.9. The topological polar surface area (TPSA) is 26.3 Å². The predicted molar refractivity (Wildman–Crippen MR) is 82.9 cm³/mol. The first-order valence-electron chi connectivity index (χ1n) is 5.84. The summed E-state index contributed by atoms with van der Waals surface area (Å²) in [5.74, 6) is 0.567. The second-order valence-electron chi connectivity index (χ2n) is 3.92. The van der Waals surface area contributed by atoms with Crippen LogP contribution >= 0.6 is 31.9 Å². The Hall–Kier alpha value is -1.13. The number of carbonyl (C=O) groups excluding carboxylic acids is 1. The normalized spacial score (nSPS) is 10.3. The molecule has 0 N–H and O–H groups in total. The Morgan fingerprint density at radius 2 is 1.74 bits per heavy atom. The SMILES string of the molecule is CCOc1ccccc1C(=O)c1cc(Br)cc(Br)c1. The molecule has 0 aromatic heterocycles. The first-order valence-corrected chi connectivity index (χ1v) is 7.43. The minimum Gasteiger partial charge on any atom is -0.493 e. The molecule has 0 aliphatic carbocycles. The average molecular weight is 384 g/mol. The number of carbonyl (C=O) groups is 1. The maximum atomic E-state index is 12.5. The molecule has 0 amide bonds. The molecular formula is C15H12Br2O2. The van der Waals surface area contributed by atoms with Gasteiger partial charge in [-0.1, -0.05) is 44.0 Å². The molecule has 0 aliphatic rings. The number of ether oxygens (including phenoxy) is 1. The molecule has 19 heavy (non-hydrogen) atoms. The Labute approximate surface area is 129 Å². The van der Waals surface area contributed by atoms with Crippen LogP contribution in [-0.2, 0) is 0 Å². The van der Waals surface area contributed by atoms with Crippen LogP contribution in [0, 0.1) is 0 Å². The molecule has 0 atom stereocenters. The zero-order chi connectivity index (χ0) is 13.8. The van der Waals surface area contributed by atoms with E-state index in [4.69, 9.17) is 4.74 Å². The second-order valence-corrected chi connectivity index (χ2v) is 5.75. The van der Waals surface area contributed by atoms with Crippen LogP contribution in [0.15, 0.2) is 51.4 Å².